The number of nitrogens with zero attached hydrogens (tertiary/aromatic N) is 4. The van der Waals surface area contributed by atoms with Gasteiger partial charge in [-0.1, -0.05) is 30.3 Å². The Kier molecular flexibility index (Phi) is 5.89. The molecule has 0 bridgehead atoms. The number of nitrogens with two attached hydrogens (primary N) is 1. The lowest BCUT2D eigenvalue weighted by molar-refractivity contribution is 0.602. The quantitative estimate of drug-likeness (QED) is 0.445. The van der Waals surface area contributed by atoms with Gasteiger partial charge in [0.2, 0.25) is 0 Å². The maximum absolute atomic E-state index is 14.1. The first-order valence-electron chi connectivity index (χ1n) is 9.91. The number of rotatable bonds is 6. The number of nitrogen functional groups attached to an aromatic ring is 1. The number of benzene rings is 2. The second-order valence-corrected chi connectivity index (χ2v) is 9.29. The molecular formula is C23H19FN6O2S. The highest BCUT2D eigenvalue weighted by atomic mass is 32.2. The van der Waals surface area contributed by atoms with E-state index in [-0.39, 0.29) is 34.0 Å². The van der Waals surface area contributed by atoms with Crippen LogP contribution in [0.25, 0.3) is 22.0 Å². The predicted octanol–water partition coefficient (Wildman–Crippen LogP) is 3.34. The van der Waals surface area contributed by atoms with Crippen molar-refractivity contribution in [2.45, 2.75) is 11.3 Å². The minimum atomic E-state index is -3.75. The molecular weight excluding hydrogens is 443 g/mol. The van der Waals surface area contributed by atoms with Crippen molar-refractivity contribution >= 4 is 32.4 Å². The Morgan fingerprint density at radius 2 is 1.91 bits per heavy atom. The van der Waals surface area contributed by atoms with Gasteiger partial charge >= 0.3 is 0 Å². The summed E-state index contributed by atoms with van der Waals surface area (Å²) >= 11 is 0. The third-order valence-corrected chi connectivity index (χ3v) is 6.22. The van der Waals surface area contributed by atoms with E-state index in [0.717, 1.165) is 6.26 Å². The molecule has 4 rings (SSSR count). The van der Waals surface area contributed by atoms with E-state index in [1.54, 1.807) is 24.3 Å². The maximum Gasteiger partial charge on any atom is 0.176 e. The molecule has 0 fully saturated rings. The standard InChI is InChI=1S/C23H19FN6O2S/c1-33(31,32)21-16-11-15(24)7-8-18(16)30-19(20(21)14-5-3-2-4-6-14)9-10-27-23-17(12-25)22(26)28-13-29-23/h2-8,11,13H,9-10H2,1H3,(H3,26,27,28,29). The largest absolute Gasteiger partial charge is 0.382 e. The van der Waals surface area contributed by atoms with Gasteiger partial charge in [0.05, 0.1) is 16.1 Å². The van der Waals surface area contributed by atoms with E-state index >= 15 is 0 Å². The third-order valence-electron chi connectivity index (χ3n) is 5.05. The minimum Gasteiger partial charge on any atom is -0.382 e. The summed E-state index contributed by atoms with van der Waals surface area (Å²) in [5.41, 5.74) is 7.80. The van der Waals surface area contributed by atoms with Crippen molar-refractivity contribution in [1.29, 1.82) is 5.26 Å². The molecule has 8 nitrogen and oxygen atoms in total. The van der Waals surface area contributed by atoms with Crippen molar-refractivity contribution in [3.8, 4) is 17.2 Å². The Morgan fingerprint density at radius 1 is 1.15 bits per heavy atom. The highest BCUT2D eigenvalue weighted by Gasteiger charge is 2.24. The van der Waals surface area contributed by atoms with Gasteiger partial charge in [-0.3, -0.25) is 4.98 Å². The summed E-state index contributed by atoms with van der Waals surface area (Å²) < 4.78 is 39.8. The lowest BCUT2D eigenvalue weighted by Crippen LogP contribution is -2.13. The minimum absolute atomic E-state index is 0.0252. The van der Waals surface area contributed by atoms with Crippen LogP contribution in [0.1, 0.15) is 11.3 Å². The summed E-state index contributed by atoms with van der Waals surface area (Å²) in [6.45, 7) is 0.286. The highest BCUT2D eigenvalue weighted by Crippen LogP contribution is 2.36. The summed E-state index contributed by atoms with van der Waals surface area (Å²) in [7, 11) is -3.75. The first-order chi connectivity index (χ1) is 15.8. The number of halogens is 1. The van der Waals surface area contributed by atoms with Gasteiger partial charge in [-0.25, -0.2) is 22.8 Å². The van der Waals surface area contributed by atoms with Crippen molar-refractivity contribution in [3.63, 3.8) is 0 Å². The lowest BCUT2D eigenvalue weighted by Gasteiger charge is -2.17. The first kappa shape index (κ1) is 22.1. The van der Waals surface area contributed by atoms with E-state index in [9.17, 15) is 18.1 Å². The number of sulfone groups is 1. The zero-order valence-electron chi connectivity index (χ0n) is 17.6. The Balaban J connectivity index is 1.85. The van der Waals surface area contributed by atoms with E-state index in [1.165, 1.54) is 24.5 Å². The number of hydrogen-bond donors (Lipinski definition) is 2. The fourth-order valence-corrected chi connectivity index (χ4v) is 4.84. The molecule has 10 heteroatoms. The number of fused-ring (bicyclic) bond motifs is 1. The van der Waals surface area contributed by atoms with E-state index in [4.69, 9.17) is 5.73 Å². The second-order valence-electron chi connectivity index (χ2n) is 7.33. The van der Waals surface area contributed by atoms with Gasteiger partial charge in [-0.15, -0.1) is 0 Å². The van der Waals surface area contributed by atoms with Gasteiger partial charge in [0.1, 0.15) is 35.4 Å². The number of pyridine rings is 1. The fraction of sp³-hybridized carbons (Fsp3) is 0.130. The third kappa shape index (κ3) is 4.44. The van der Waals surface area contributed by atoms with Crippen molar-refractivity contribution < 1.29 is 12.8 Å². The Labute approximate surface area is 189 Å². The molecule has 0 radical (unpaired) electrons. The van der Waals surface area contributed by atoms with Crippen molar-refractivity contribution in [3.05, 3.63) is 71.9 Å². The van der Waals surface area contributed by atoms with Gasteiger partial charge in [-0.2, -0.15) is 5.26 Å². The lowest BCUT2D eigenvalue weighted by atomic mass is 9.99. The van der Waals surface area contributed by atoms with Crippen LogP contribution in [0.4, 0.5) is 16.0 Å². The molecule has 0 spiro atoms. The Hall–Kier alpha value is -4.10. The number of anilines is 2. The molecule has 2 aromatic heterocycles. The molecule has 3 N–H and O–H groups in total. The summed E-state index contributed by atoms with van der Waals surface area (Å²) in [6, 6.07) is 14.8. The Bertz CT molecular complexity index is 1500. The topological polar surface area (TPSA) is 135 Å². The van der Waals surface area contributed by atoms with Gasteiger partial charge < -0.3 is 11.1 Å². The van der Waals surface area contributed by atoms with Crippen molar-refractivity contribution in [1.82, 2.24) is 15.0 Å². The second kappa shape index (κ2) is 8.80. The van der Waals surface area contributed by atoms with Crippen LogP contribution in [0.5, 0.6) is 0 Å². The van der Waals surface area contributed by atoms with Crippen LogP contribution < -0.4 is 11.1 Å². The maximum atomic E-state index is 14.1. The van der Waals surface area contributed by atoms with E-state index in [1.807, 2.05) is 12.1 Å². The van der Waals surface area contributed by atoms with E-state index < -0.39 is 15.7 Å². The smallest absolute Gasteiger partial charge is 0.176 e. The molecule has 0 saturated heterocycles. The molecule has 0 saturated carbocycles. The number of nitrogens with one attached hydrogen (secondary N) is 1. The van der Waals surface area contributed by atoms with Crippen LogP contribution >= 0.6 is 0 Å². The monoisotopic (exact) mass is 462 g/mol. The molecule has 2 heterocycles. The molecule has 0 amide bonds. The van der Waals surface area contributed by atoms with Crippen LogP contribution in [0.2, 0.25) is 0 Å². The molecule has 0 aliphatic rings. The summed E-state index contributed by atoms with van der Waals surface area (Å²) in [4.78, 5) is 12.6. The first-order valence-corrected chi connectivity index (χ1v) is 11.8. The summed E-state index contributed by atoms with van der Waals surface area (Å²) in [5.74, 6) is -0.212. The van der Waals surface area contributed by atoms with Gasteiger partial charge in [0.25, 0.3) is 0 Å². The van der Waals surface area contributed by atoms with Crippen LogP contribution in [0.3, 0.4) is 0 Å². The summed E-state index contributed by atoms with van der Waals surface area (Å²) in [6.07, 6.45) is 2.65. The molecule has 4 aromatic rings. The van der Waals surface area contributed by atoms with Crippen LogP contribution in [-0.4, -0.2) is 36.2 Å². The molecule has 0 aliphatic heterocycles. The molecule has 0 atom stereocenters. The molecule has 2 aromatic carbocycles. The fourth-order valence-electron chi connectivity index (χ4n) is 3.67. The highest BCUT2D eigenvalue weighted by molar-refractivity contribution is 7.91. The van der Waals surface area contributed by atoms with Crippen molar-refractivity contribution in [2.75, 3.05) is 23.9 Å². The number of aromatic nitrogens is 3. The van der Waals surface area contributed by atoms with Gasteiger partial charge in [0, 0.05) is 30.2 Å². The van der Waals surface area contributed by atoms with Gasteiger partial charge in [0.15, 0.2) is 9.84 Å². The normalized spacial score (nSPS) is 11.3. The van der Waals surface area contributed by atoms with Crippen LogP contribution in [-0.2, 0) is 16.3 Å². The molecule has 0 aliphatic carbocycles. The average Bonchev–Trinajstić information content (AvgIpc) is 2.78. The number of nitriles is 1. The van der Waals surface area contributed by atoms with Crippen molar-refractivity contribution in [2.24, 2.45) is 0 Å². The number of hydrogen-bond acceptors (Lipinski definition) is 8. The van der Waals surface area contributed by atoms with Crippen LogP contribution in [0.15, 0.2) is 59.8 Å². The zero-order chi connectivity index (χ0) is 23.6. The average molecular weight is 463 g/mol. The molecule has 166 valence electrons. The zero-order valence-corrected chi connectivity index (χ0v) is 18.4. The van der Waals surface area contributed by atoms with Gasteiger partial charge in [-0.05, 0) is 23.8 Å². The van der Waals surface area contributed by atoms with E-state index in [2.05, 4.69) is 20.3 Å². The Morgan fingerprint density at radius 3 is 2.61 bits per heavy atom. The molecule has 0 unspecified atom stereocenters. The molecule has 33 heavy (non-hydrogen) atoms. The predicted molar refractivity (Wildman–Crippen MR) is 124 cm³/mol. The van der Waals surface area contributed by atoms with E-state index in [0.29, 0.717) is 28.8 Å². The SMILES string of the molecule is CS(=O)(=O)c1c(-c2ccccc2)c(CCNc2ncnc(N)c2C#N)nc2ccc(F)cc12. The summed E-state index contributed by atoms with van der Waals surface area (Å²) in [5, 5.41) is 12.6. The van der Waals surface area contributed by atoms with Crippen LogP contribution in [0, 0.1) is 17.1 Å².